The molecule has 2 aromatic carbocycles. The molecule has 5 heteroatoms. The summed E-state index contributed by atoms with van der Waals surface area (Å²) in [5.74, 6) is -0.206. The molecule has 0 atom stereocenters. The Hall–Kier alpha value is -2.14. The zero-order valence-electron chi connectivity index (χ0n) is 11.5. The molecule has 0 radical (unpaired) electrons. The number of para-hydroxylation sites is 1. The fourth-order valence-corrected chi connectivity index (χ4v) is 2.12. The first-order chi connectivity index (χ1) is 10.1. The van der Waals surface area contributed by atoms with E-state index in [1.807, 2.05) is 30.3 Å². The highest BCUT2D eigenvalue weighted by Crippen LogP contribution is 2.16. The third-order valence-electron chi connectivity index (χ3n) is 2.87. The number of rotatable bonds is 5. The minimum Gasteiger partial charge on any atom is -0.376 e. The van der Waals surface area contributed by atoms with Crippen LogP contribution in [0.15, 0.2) is 53.0 Å². The van der Waals surface area contributed by atoms with E-state index in [9.17, 15) is 9.59 Å². The highest BCUT2D eigenvalue weighted by atomic mass is 79.9. The van der Waals surface area contributed by atoms with Gasteiger partial charge < -0.3 is 10.6 Å². The number of benzene rings is 2. The van der Waals surface area contributed by atoms with E-state index >= 15 is 0 Å². The normalized spacial score (nSPS) is 10.0. The lowest BCUT2D eigenvalue weighted by atomic mass is 10.1. The summed E-state index contributed by atoms with van der Waals surface area (Å²) in [6.45, 7) is 1.60. The van der Waals surface area contributed by atoms with E-state index in [2.05, 4.69) is 26.6 Å². The van der Waals surface area contributed by atoms with Crippen LogP contribution in [-0.4, -0.2) is 18.2 Å². The first-order valence-corrected chi connectivity index (χ1v) is 7.25. The molecule has 0 unspecified atom stereocenters. The highest BCUT2D eigenvalue weighted by Gasteiger charge is 2.08. The number of nitrogens with one attached hydrogen (secondary N) is 2. The van der Waals surface area contributed by atoms with Crippen LogP contribution < -0.4 is 10.6 Å². The van der Waals surface area contributed by atoms with Crippen LogP contribution in [0.5, 0.6) is 0 Å². The van der Waals surface area contributed by atoms with Crippen molar-refractivity contribution in [1.29, 1.82) is 0 Å². The first-order valence-electron chi connectivity index (χ1n) is 6.45. The zero-order chi connectivity index (χ0) is 15.2. The number of halogens is 1. The van der Waals surface area contributed by atoms with Crippen LogP contribution in [0.4, 0.5) is 11.4 Å². The molecule has 0 saturated carbocycles. The molecule has 2 aromatic rings. The molecule has 21 heavy (non-hydrogen) atoms. The molecule has 0 saturated heterocycles. The van der Waals surface area contributed by atoms with Gasteiger partial charge in [-0.15, -0.1) is 0 Å². The van der Waals surface area contributed by atoms with E-state index in [4.69, 9.17) is 0 Å². The van der Waals surface area contributed by atoms with Crippen molar-refractivity contribution in [2.45, 2.75) is 6.92 Å². The molecule has 2 rings (SSSR count). The summed E-state index contributed by atoms with van der Waals surface area (Å²) in [6.07, 6.45) is 0. The van der Waals surface area contributed by atoms with Crippen LogP contribution in [0.25, 0.3) is 0 Å². The molecule has 0 heterocycles. The summed E-state index contributed by atoms with van der Waals surface area (Å²) >= 11 is 3.34. The van der Waals surface area contributed by atoms with E-state index in [0.29, 0.717) is 11.3 Å². The van der Waals surface area contributed by atoms with Gasteiger partial charge >= 0.3 is 0 Å². The van der Waals surface area contributed by atoms with Crippen molar-refractivity contribution in [2.75, 3.05) is 17.2 Å². The molecule has 2 N–H and O–H groups in total. The average molecular weight is 347 g/mol. The molecule has 4 nitrogen and oxygen atoms in total. The van der Waals surface area contributed by atoms with E-state index in [1.54, 1.807) is 18.2 Å². The molecule has 108 valence electrons. The van der Waals surface area contributed by atoms with Gasteiger partial charge in [0.25, 0.3) is 0 Å². The Morgan fingerprint density at radius 2 is 1.71 bits per heavy atom. The second-order valence-corrected chi connectivity index (χ2v) is 5.43. The van der Waals surface area contributed by atoms with Gasteiger partial charge in [0.15, 0.2) is 5.78 Å². The van der Waals surface area contributed by atoms with Gasteiger partial charge in [-0.2, -0.15) is 0 Å². The molecule has 0 spiro atoms. The number of amides is 1. The lowest BCUT2D eigenvalue weighted by Crippen LogP contribution is -2.22. The van der Waals surface area contributed by atoms with E-state index in [-0.39, 0.29) is 18.2 Å². The maximum Gasteiger partial charge on any atom is 0.243 e. The number of carbonyl (C=O) groups excluding carboxylic acids is 2. The Labute approximate surface area is 131 Å². The number of hydrogen-bond donors (Lipinski definition) is 2. The van der Waals surface area contributed by atoms with E-state index in [0.717, 1.165) is 10.2 Å². The van der Waals surface area contributed by atoms with Gasteiger partial charge in [-0.3, -0.25) is 9.59 Å². The zero-order valence-corrected chi connectivity index (χ0v) is 13.1. The predicted molar refractivity (Wildman–Crippen MR) is 87.7 cm³/mol. The second kappa shape index (κ2) is 7.04. The van der Waals surface area contributed by atoms with Crippen LogP contribution in [-0.2, 0) is 4.79 Å². The molecule has 0 aliphatic heterocycles. The SMILES string of the molecule is CC(=O)c1ccccc1NCC(=O)Nc1ccc(Br)cc1. The van der Waals surface area contributed by atoms with Crippen LogP contribution in [0.1, 0.15) is 17.3 Å². The lowest BCUT2D eigenvalue weighted by molar-refractivity contribution is -0.114. The monoisotopic (exact) mass is 346 g/mol. The first kappa shape index (κ1) is 15.3. The molecule has 0 aliphatic carbocycles. The van der Waals surface area contributed by atoms with E-state index in [1.165, 1.54) is 6.92 Å². The van der Waals surface area contributed by atoms with Crippen LogP contribution >= 0.6 is 15.9 Å². The number of carbonyl (C=O) groups is 2. The number of ketones is 1. The molecule has 0 aromatic heterocycles. The summed E-state index contributed by atoms with van der Waals surface area (Å²) < 4.78 is 0.953. The fraction of sp³-hybridized carbons (Fsp3) is 0.125. The van der Waals surface area contributed by atoms with Crippen molar-refractivity contribution in [3.8, 4) is 0 Å². The lowest BCUT2D eigenvalue weighted by Gasteiger charge is -2.10. The maximum atomic E-state index is 11.9. The quantitative estimate of drug-likeness (QED) is 0.811. The Balaban J connectivity index is 1.95. The van der Waals surface area contributed by atoms with Crippen LogP contribution in [0.2, 0.25) is 0 Å². The highest BCUT2D eigenvalue weighted by molar-refractivity contribution is 9.10. The molecule has 0 aliphatic rings. The third kappa shape index (κ3) is 4.43. The summed E-state index contributed by atoms with van der Waals surface area (Å²) in [5.41, 5.74) is 1.97. The number of anilines is 2. The minimum atomic E-state index is -0.171. The number of hydrogen-bond acceptors (Lipinski definition) is 3. The predicted octanol–water partition coefficient (Wildman–Crippen LogP) is 3.70. The van der Waals surface area contributed by atoms with Gasteiger partial charge in [0.1, 0.15) is 0 Å². The smallest absolute Gasteiger partial charge is 0.243 e. The fourth-order valence-electron chi connectivity index (χ4n) is 1.86. The van der Waals surface area contributed by atoms with Gasteiger partial charge in [-0.1, -0.05) is 28.1 Å². The van der Waals surface area contributed by atoms with Crippen LogP contribution in [0.3, 0.4) is 0 Å². The van der Waals surface area contributed by atoms with Gasteiger partial charge in [0, 0.05) is 21.4 Å². The second-order valence-electron chi connectivity index (χ2n) is 4.51. The van der Waals surface area contributed by atoms with Crippen molar-refractivity contribution in [3.05, 3.63) is 58.6 Å². The Morgan fingerprint density at radius 1 is 1.05 bits per heavy atom. The van der Waals surface area contributed by atoms with Gasteiger partial charge in [-0.25, -0.2) is 0 Å². The molecule has 0 fully saturated rings. The average Bonchev–Trinajstić information content (AvgIpc) is 2.48. The third-order valence-corrected chi connectivity index (χ3v) is 3.40. The maximum absolute atomic E-state index is 11.9. The summed E-state index contributed by atoms with van der Waals surface area (Å²) in [5, 5.41) is 5.76. The van der Waals surface area contributed by atoms with Crippen molar-refractivity contribution < 1.29 is 9.59 Å². The standard InChI is InChI=1S/C16H15BrN2O2/c1-11(20)14-4-2-3-5-15(14)18-10-16(21)19-13-8-6-12(17)7-9-13/h2-9,18H,10H2,1H3,(H,19,21). The largest absolute Gasteiger partial charge is 0.376 e. The van der Waals surface area contributed by atoms with Gasteiger partial charge in [0.05, 0.1) is 6.54 Å². The Kier molecular flexibility index (Phi) is 5.11. The van der Waals surface area contributed by atoms with Gasteiger partial charge in [0.2, 0.25) is 5.91 Å². The molecule has 1 amide bonds. The van der Waals surface area contributed by atoms with Crippen molar-refractivity contribution >= 4 is 39.0 Å². The van der Waals surface area contributed by atoms with Crippen LogP contribution in [0, 0.1) is 0 Å². The summed E-state index contributed by atoms with van der Waals surface area (Å²) in [4.78, 5) is 23.4. The minimum absolute atomic E-state index is 0.0357. The van der Waals surface area contributed by atoms with Crippen molar-refractivity contribution in [2.24, 2.45) is 0 Å². The van der Waals surface area contributed by atoms with Gasteiger partial charge in [-0.05, 0) is 43.3 Å². The Bertz CT molecular complexity index is 654. The molecule has 0 bridgehead atoms. The Morgan fingerprint density at radius 3 is 2.38 bits per heavy atom. The topological polar surface area (TPSA) is 58.2 Å². The molecular weight excluding hydrogens is 332 g/mol. The number of Topliss-reactive ketones (excluding diaryl/α,β-unsaturated/α-hetero) is 1. The van der Waals surface area contributed by atoms with Crippen molar-refractivity contribution in [1.82, 2.24) is 0 Å². The summed E-state index contributed by atoms with van der Waals surface area (Å²) in [7, 11) is 0. The summed E-state index contributed by atoms with van der Waals surface area (Å²) in [6, 6.07) is 14.5. The van der Waals surface area contributed by atoms with Crippen molar-refractivity contribution in [3.63, 3.8) is 0 Å². The molecular formula is C16H15BrN2O2. The van der Waals surface area contributed by atoms with E-state index < -0.39 is 0 Å².